The number of para-hydroxylation sites is 1. The van der Waals surface area contributed by atoms with Gasteiger partial charge in [0.2, 0.25) is 0 Å². The molecule has 3 aliphatic carbocycles. The Morgan fingerprint density at radius 2 is 1.46 bits per heavy atom. The van der Waals surface area contributed by atoms with Gasteiger partial charge in [-0.3, -0.25) is 0 Å². The summed E-state index contributed by atoms with van der Waals surface area (Å²) in [5.74, 6) is 0. The molecular formula is C49H43N. The molecule has 0 fully saturated rings. The summed E-state index contributed by atoms with van der Waals surface area (Å²) in [6.07, 6.45) is 18.4. The van der Waals surface area contributed by atoms with E-state index < -0.39 is 0 Å². The number of rotatable bonds is 5. The van der Waals surface area contributed by atoms with Gasteiger partial charge in [0, 0.05) is 22.4 Å². The van der Waals surface area contributed by atoms with Gasteiger partial charge in [0.1, 0.15) is 0 Å². The van der Waals surface area contributed by atoms with Crippen molar-refractivity contribution in [2.75, 3.05) is 0 Å². The van der Waals surface area contributed by atoms with Crippen LogP contribution >= 0.6 is 0 Å². The highest BCUT2D eigenvalue weighted by atomic mass is 14.9. The van der Waals surface area contributed by atoms with Gasteiger partial charge < -0.3 is 4.57 Å². The zero-order valence-corrected chi connectivity index (χ0v) is 29.6. The molecule has 0 atom stereocenters. The first kappa shape index (κ1) is 30.6. The fraction of sp³-hybridized carbons (Fsp3) is 0.184. The number of allylic oxidation sites excluding steroid dienone is 9. The van der Waals surface area contributed by atoms with Gasteiger partial charge in [-0.05, 0) is 130 Å². The van der Waals surface area contributed by atoms with E-state index >= 15 is 0 Å². The zero-order chi connectivity index (χ0) is 34.0. The van der Waals surface area contributed by atoms with E-state index in [4.69, 9.17) is 0 Å². The summed E-state index contributed by atoms with van der Waals surface area (Å²) in [5.41, 5.74) is 20.4. The molecule has 0 saturated heterocycles. The zero-order valence-electron chi connectivity index (χ0n) is 29.6. The number of benzene rings is 5. The highest BCUT2D eigenvalue weighted by Gasteiger charge is 2.39. The number of fused-ring (bicyclic) bond motifs is 7. The van der Waals surface area contributed by atoms with Crippen molar-refractivity contribution < 1.29 is 0 Å². The minimum atomic E-state index is -0.0830. The van der Waals surface area contributed by atoms with Crippen molar-refractivity contribution in [1.29, 1.82) is 0 Å². The monoisotopic (exact) mass is 645 g/mol. The fourth-order valence-electron chi connectivity index (χ4n) is 9.22. The van der Waals surface area contributed by atoms with Gasteiger partial charge in [0.05, 0.1) is 11.0 Å². The van der Waals surface area contributed by atoms with E-state index in [1.54, 1.807) is 5.57 Å². The molecule has 9 rings (SSSR count). The van der Waals surface area contributed by atoms with E-state index in [2.05, 4.69) is 172 Å². The van der Waals surface area contributed by atoms with Crippen LogP contribution in [0, 0.1) is 0 Å². The molecule has 1 aromatic heterocycles. The van der Waals surface area contributed by atoms with Gasteiger partial charge in [-0.15, -0.1) is 0 Å². The number of aromatic nitrogens is 1. The smallest absolute Gasteiger partial charge is 0.0535 e. The summed E-state index contributed by atoms with van der Waals surface area (Å²) < 4.78 is 2.36. The van der Waals surface area contributed by atoms with Gasteiger partial charge in [0.25, 0.3) is 0 Å². The first-order valence-corrected chi connectivity index (χ1v) is 18.3. The van der Waals surface area contributed by atoms with Crippen molar-refractivity contribution in [3.05, 3.63) is 172 Å². The van der Waals surface area contributed by atoms with Crippen LogP contribution < -0.4 is 0 Å². The minimum Gasteiger partial charge on any atom is -0.316 e. The highest BCUT2D eigenvalue weighted by molar-refractivity contribution is 6.10. The van der Waals surface area contributed by atoms with E-state index in [1.807, 2.05) is 0 Å². The first-order chi connectivity index (χ1) is 24.5. The van der Waals surface area contributed by atoms with Crippen LogP contribution in [-0.2, 0) is 11.8 Å². The summed E-state index contributed by atoms with van der Waals surface area (Å²) in [6.45, 7) is 9.30. The molecular weight excluding hydrogens is 603 g/mol. The van der Waals surface area contributed by atoms with Crippen LogP contribution in [0.2, 0.25) is 0 Å². The normalized spacial score (nSPS) is 17.8. The maximum atomic E-state index is 2.40. The van der Waals surface area contributed by atoms with Crippen LogP contribution in [0.3, 0.4) is 0 Å². The quantitative estimate of drug-likeness (QED) is 0.176. The predicted octanol–water partition coefficient (Wildman–Crippen LogP) is 13.3. The molecule has 50 heavy (non-hydrogen) atoms. The average molecular weight is 646 g/mol. The van der Waals surface area contributed by atoms with Crippen molar-refractivity contribution in [3.63, 3.8) is 0 Å². The van der Waals surface area contributed by atoms with E-state index in [9.17, 15) is 0 Å². The Morgan fingerprint density at radius 3 is 2.34 bits per heavy atom. The maximum Gasteiger partial charge on any atom is 0.0535 e. The third-order valence-electron chi connectivity index (χ3n) is 11.6. The second-order valence-electron chi connectivity index (χ2n) is 14.6. The molecule has 1 nitrogen and oxygen atoms in total. The van der Waals surface area contributed by atoms with Gasteiger partial charge in [-0.25, -0.2) is 0 Å². The standard InChI is InChI=1S/C49H43N/c1-5-32-15-7-9-17-37(32)41-20-13-21-42-39(45(6-2)49(3,4)48(41)42)22-14-28-50-46-23-12-11-19-40(46)44-31-34(26-27-47(44)50)33-24-25-36-29-35-16-8-10-18-38(35)43(36)30-33/h6,8-14,16-28,30-31H,5,7,15,29H2,1-4H3/b28-14+,39-22-,45-6+. The summed E-state index contributed by atoms with van der Waals surface area (Å²) in [7, 11) is 0. The van der Waals surface area contributed by atoms with Crippen molar-refractivity contribution in [1.82, 2.24) is 4.57 Å². The van der Waals surface area contributed by atoms with Crippen molar-refractivity contribution >= 4 is 39.2 Å². The molecule has 0 bridgehead atoms. The van der Waals surface area contributed by atoms with E-state index in [1.165, 1.54) is 88.6 Å². The van der Waals surface area contributed by atoms with E-state index in [-0.39, 0.29) is 5.41 Å². The third-order valence-corrected chi connectivity index (χ3v) is 11.6. The Balaban J connectivity index is 1.13. The molecule has 0 spiro atoms. The second kappa shape index (κ2) is 11.9. The lowest BCUT2D eigenvalue weighted by Gasteiger charge is -2.26. The Bertz CT molecular complexity index is 2520. The van der Waals surface area contributed by atoms with Crippen LogP contribution in [0.4, 0.5) is 0 Å². The molecule has 3 aliphatic rings. The van der Waals surface area contributed by atoms with Crippen molar-refractivity contribution in [3.8, 4) is 22.3 Å². The van der Waals surface area contributed by atoms with Gasteiger partial charge in [-0.2, -0.15) is 0 Å². The van der Waals surface area contributed by atoms with Gasteiger partial charge in [-0.1, -0.05) is 130 Å². The van der Waals surface area contributed by atoms with E-state index in [0.29, 0.717) is 0 Å². The Hall–Kier alpha value is -5.40. The minimum absolute atomic E-state index is 0.0830. The van der Waals surface area contributed by atoms with Gasteiger partial charge in [0.15, 0.2) is 0 Å². The summed E-state index contributed by atoms with van der Waals surface area (Å²) in [4.78, 5) is 0. The maximum absolute atomic E-state index is 2.40. The lowest BCUT2D eigenvalue weighted by molar-refractivity contribution is 0.657. The number of nitrogens with zero attached hydrogens (tertiary/aromatic N) is 1. The second-order valence-corrected chi connectivity index (χ2v) is 14.6. The van der Waals surface area contributed by atoms with Crippen LogP contribution in [0.5, 0.6) is 0 Å². The largest absolute Gasteiger partial charge is 0.316 e. The molecule has 1 heteroatoms. The lowest BCUT2D eigenvalue weighted by Crippen LogP contribution is -2.17. The molecule has 0 aliphatic heterocycles. The Kier molecular flexibility index (Phi) is 7.28. The molecule has 1 heterocycles. The topological polar surface area (TPSA) is 4.93 Å². The SMILES string of the molecule is C\C=C1/C(=C\C=C\n2c3ccccc3c3cc(-c4ccc5c(c4)-c4ccccc4C5)ccc32)c2cccc(C3=C(CC)CCC=C3)c2C1(C)C. The molecule has 6 aromatic rings. The average Bonchev–Trinajstić information content (AvgIpc) is 3.76. The molecule has 0 radical (unpaired) electrons. The number of hydrogen-bond donors (Lipinski definition) is 0. The Labute approximate surface area is 296 Å². The third kappa shape index (κ3) is 4.67. The Morgan fingerprint density at radius 1 is 0.720 bits per heavy atom. The summed E-state index contributed by atoms with van der Waals surface area (Å²) >= 11 is 0. The van der Waals surface area contributed by atoms with Crippen molar-refractivity contribution in [2.45, 2.75) is 58.8 Å². The summed E-state index contributed by atoms with van der Waals surface area (Å²) in [5, 5.41) is 2.56. The van der Waals surface area contributed by atoms with Crippen LogP contribution in [0.15, 0.2) is 145 Å². The molecule has 244 valence electrons. The molecule has 5 aromatic carbocycles. The molecule has 0 saturated carbocycles. The highest BCUT2D eigenvalue weighted by Crippen LogP contribution is 2.53. The van der Waals surface area contributed by atoms with Crippen molar-refractivity contribution in [2.24, 2.45) is 0 Å². The van der Waals surface area contributed by atoms with Crippen LogP contribution in [0.25, 0.3) is 61.4 Å². The molecule has 0 N–H and O–H groups in total. The van der Waals surface area contributed by atoms with Gasteiger partial charge >= 0.3 is 0 Å². The number of hydrogen-bond acceptors (Lipinski definition) is 0. The lowest BCUT2D eigenvalue weighted by atomic mass is 9.77. The van der Waals surface area contributed by atoms with Crippen LogP contribution in [0.1, 0.15) is 74.8 Å². The molecule has 0 unspecified atom stereocenters. The summed E-state index contributed by atoms with van der Waals surface area (Å²) in [6, 6.07) is 38.6. The van der Waals surface area contributed by atoms with Crippen LogP contribution in [-0.4, -0.2) is 4.57 Å². The first-order valence-electron chi connectivity index (χ1n) is 18.3. The predicted molar refractivity (Wildman–Crippen MR) is 215 cm³/mol. The fourth-order valence-corrected chi connectivity index (χ4v) is 9.22. The van der Waals surface area contributed by atoms with E-state index in [0.717, 1.165) is 25.7 Å². The molecule has 0 amide bonds.